The summed E-state index contributed by atoms with van der Waals surface area (Å²) in [6, 6.07) is 20.5. The second-order valence-electron chi connectivity index (χ2n) is 8.89. The monoisotopic (exact) mass is 571 g/mol. The van der Waals surface area contributed by atoms with Crippen LogP contribution in [0.25, 0.3) is 0 Å². The van der Waals surface area contributed by atoms with Crippen molar-refractivity contribution in [1.82, 2.24) is 10.2 Å². The first-order chi connectivity index (χ1) is 18.7. The third-order valence-corrected chi connectivity index (χ3v) is 8.19. The number of halogens is 1. The average molecular weight is 572 g/mol. The number of benzene rings is 3. The lowest BCUT2D eigenvalue weighted by molar-refractivity contribution is -0.140. The van der Waals surface area contributed by atoms with Gasteiger partial charge in [0.1, 0.15) is 18.3 Å². The first kappa shape index (κ1) is 30.0. The second-order valence-corrected chi connectivity index (χ2v) is 11.2. The van der Waals surface area contributed by atoms with Crippen LogP contribution in [0.2, 0.25) is 5.02 Å². The number of methoxy groups -OCH3 is 1. The molecule has 3 aromatic rings. The molecule has 0 fully saturated rings. The van der Waals surface area contributed by atoms with E-state index in [0.717, 1.165) is 16.3 Å². The fourth-order valence-electron chi connectivity index (χ4n) is 4.11. The quantitative estimate of drug-likeness (QED) is 0.315. The topological polar surface area (TPSA) is 96.0 Å². The van der Waals surface area contributed by atoms with Crippen molar-refractivity contribution in [2.24, 2.45) is 0 Å². The van der Waals surface area contributed by atoms with Gasteiger partial charge < -0.3 is 15.0 Å². The maximum absolute atomic E-state index is 14.0. The van der Waals surface area contributed by atoms with Crippen LogP contribution >= 0.6 is 11.6 Å². The van der Waals surface area contributed by atoms with Gasteiger partial charge in [-0.15, -0.1) is 0 Å². The van der Waals surface area contributed by atoms with Gasteiger partial charge in [0.2, 0.25) is 11.8 Å². The van der Waals surface area contributed by atoms with Gasteiger partial charge in [0.15, 0.2) is 0 Å². The summed E-state index contributed by atoms with van der Waals surface area (Å²) in [5.74, 6) is -0.205. The molecule has 3 aromatic carbocycles. The lowest BCUT2D eigenvalue weighted by Gasteiger charge is -2.33. The van der Waals surface area contributed by atoms with Gasteiger partial charge in [-0.1, -0.05) is 55.8 Å². The second kappa shape index (κ2) is 14.0. The molecule has 0 radical (unpaired) electrons. The third-order valence-electron chi connectivity index (χ3n) is 6.15. The molecule has 0 aliphatic rings. The summed E-state index contributed by atoms with van der Waals surface area (Å²) in [5.41, 5.74) is 1.02. The molecule has 39 heavy (non-hydrogen) atoms. The maximum atomic E-state index is 14.0. The van der Waals surface area contributed by atoms with Crippen molar-refractivity contribution in [3.05, 3.63) is 89.4 Å². The average Bonchev–Trinajstić information content (AvgIpc) is 2.95. The first-order valence-electron chi connectivity index (χ1n) is 12.7. The number of nitrogens with one attached hydrogen (secondary N) is 1. The van der Waals surface area contributed by atoms with Crippen molar-refractivity contribution >= 4 is 39.1 Å². The molecule has 0 bridgehead atoms. The number of amides is 2. The number of carbonyl (C=O) groups is 2. The smallest absolute Gasteiger partial charge is 0.264 e. The Morgan fingerprint density at radius 2 is 1.67 bits per heavy atom. The summed E-state index contributed by atoms with van der Waals surface area (Å²) in [7, 11) is -2.57. The molecule has 0 aliphatic carbocycles. The predicted molar refractivity (Wildman–Crippen MR) is 153 cm³/mol. The lowest BCUT2D eigenvalue weighted by Crippen LogP contribution is -2.52. The lowest BCUT2D eigenvalue weighted by atomic mass is 10.1. The Labute approximate surface area is 235 Å². The van der Waals surface area contributed by atoms with E-state index in [1.807, 2.05) is 19.9 Å². The fourth-order valence-corrected chi connectivity index (χ4v) is 5.67. The number of nitrogens with zero attached hydrogens (tertiary/aromatic N) is 2. The van der Waals surface area contributed by atoms with Crippen molar-refractivity contribution in [3.63, 3.8) is 0 Å². The van der Waals surface area contributed by atoms with Crippen LogP contribution in [0.5, 0.6) is 5.75 Å². The molecule has 1 N–H and O–H groups in total. The molecule has 0 unspecified atom stereocenters. The number of hydrogen-bond acceptors (Lipinski definition) is 5. The maximum Gasteiger partial charge on any atom is 0.264 e. The Hall–Kier alpha value is -3.56. The van der Waals surface area contributed by atoms with E-state index in [1.54, 1.807) is 67.8 Å². The van der Waals surface area contributed by atoms with Gasteiger partial charge in [-0.25, -0.2) is 8.42 Å². The van der Waals surface area contributed by atoms with Crippen LogP contribution in [0.1, 0.15) is 32.3 Å². The van der Waals surface area contributed by atoms with E-state index >= 15 is 0 Å². The largest absolute Gasteiger partial charge is 0.497 e. The van der Waals surface area contributed by atoms with Gasteiger partial charge in [0, 0.05) is 18.1 Å². The molecule has 208 valence electrons. The standard InChI is InChI=1S/C29H34ClN3O5S/c1-4-18-31-29(35)27(5-2)32(20-22-10-9-11-25(19-22)38-3)28(34)21-33(24-16-14-23(30)15-17-24)39(36,37)26-12-7-6-8-13-26/h6-17,19,27H,4-5,18,20-21H2,1-3H3,(H,31,35)/t27-/m1/s1. The number of anilines is 1. The SMILES string of the molecule is CCCNC(=O)[C@@H](CC)N(Cc1cccc(OC)c1)C(=O)CN(c1ccc(Cl)cc1)S(=O)(=O)c1ccccc1. The van der Waals surface area contributed by atoms with Crippen LogP contribution in [-0.4, -0.2) is 51.4 Å². The van der Waals surface area contributed by atoms with Crippen LogP contribution in [0.15, 0.2) is 83.8 Å². The number of sulfonamides is 1. The van der Waals surface area contributed by atoms with Gasteiger partial charge in [0.25, 0.3) is 10.0 Å². The van der Waals surface area contributed by atoms with E-state index in [2.05, 4.69) is 5.32 Å². The van der Waals surface area contributed by atoms with E-state index in [1.165, 1.54) is 17.0 Å². The van der Waals surface area contributed by atoms with Crippen LogP contribution in [0.3, 0.4) is 0 Å². The normalized spacial score (nSPS) is 11.9. The highest BCUT2D eigenvalue weighted by Gasteiger charge is 2.33. The zero-order valence-electron chi connectivity index (χ0n) is 22.3. The van der Waals surface area contributed by atoms with Crippen molar-refractivity contribution in [1.29, 1.82) is 0 Å². The van der Waals surface area contributed by atoms with E-state index in [4.69, 9.17) is 16.3 Å². The number of carbonyl (C=O) groups excluding carboxylic acids is 2. The molecule has 0 saturated heterocycles. The molecule has 0 saturated carbocycles. The van der Waals surface area contributed by atoms with E-state index in [0.29, 0.717) is 23.7 Å². The summed E-state index contributed by atoms with van der Waals surface area (Å²) in [5, 5.41) is 3.30. The Bertz CT molecular complexity index is 1350. The first-order valence-corrected chi connectivity index (χ1v) is 14.6. The number of hydrogen-bond donors (Lipinski definition) is 1. The molecule has 0 spiro atoms. The Kier molecular flexibility index (Phi) is 10.8. The fraction of sp³-hybridized carbons (Fsp3) is 0.310. The zero-order chi connectivity index (χ0) is 28.4. The molecule has 0 aromatic heterocycles. The minimum Gasteiger partial charge on any atom is -0.497 e. The van der Waals surface area contributed by atoms with Crippen LogP contribution in [-0.2, 0) is 26.2 Å². The highest BCUT2D eigenvalue weighted by atomic mass is 35.5. The van der Waals surface area contributed by atoms with E-state index in [-0.39, 0.29) is 23.0 Å². The van der Waals surface area contributed by atoms with Gasteiger partial charge >= 0.3 is 0 Å². The molecular weight excluding hydrogens is 538 g/mol. The van der Waals surface area contributed by atoms with E-state index in [9.17, 15) is 18.0 Å². The minimum atomic E-state index is -4.12. The van der Waals surface area contributed by atoms with Crippen molar-refractivity contribution in [3.8, 4) is 5.75 Å². The van der Waals surface area contributed by atoms with Crippen LogP contribution < -0.4 is 14.4 Å². The number of rotatable bonds is 13. The highest BCUT2D eigenvalue weighted by molar-refractivity contribution is 7.92. The van der Waals surface area contributed by atoms with Crippen molar-refractivity contribution < 1.29 is 22.7 Å². The molecule has 0 heterocycles. The molecule has 1 atom stereocenters. The molecule has 2 amide bonds. The van der Waals surface area contributed by atoms with Crippen molar-refractivity contribution in [2.75, 3.05) is 24.5 Å². The molecule has 3 rings (SSSR count). The molecule has 0 aliphatic heterocycles. The van der Waals surface area contributed by atoms with Gasteiger partial charge in [-0.05, 0) is 66.9 Å². The van der Waals surface area contributed by atoms with Crippen molar-refractivity contribution in [2.45, 2.75) is 44.2 Å². The number of ether oxygens (including phenoxy) is 1. The van der Waals surface area contributed by atoms with Crippen LogP contribution in [0.4, 0.5) is 5.69 Å². The Balaban J connectivity index is 2.04. The summed E-state index contributed by atoms with van der Waals surface area (Å²) in [4.78, 5) is 28.6. The molecule has 10 heteroatoms. The molecule has 8 nitrogen and oxygen atoms in total. The highest BCUT2D eigenvalue weighted by Crippen LogP contribution is 2.26. The summed E-state index contributed by atoms with van der Waals surface area (Å²) < 4.78 is 33.9. The molecular formula is C29H34ClN3O5S. The van der Waals surface area contributed by atoms with E-state index < -0.39 is 28.5 Å². The summed E-state index contributed by atoms with van der Waals surface area (Å²) >= 11 is 6.06. The van der Waals surface area contributed by atoms with Crippen LogP contribution in [0, 0.1) is 0 Å². The van der Waals surface area contributed by atoms with Gasteiger partial charge in [-0.3, -0.25) is 13.9 Å². The Morgan fingerprint density at radius 3 is 2.28 bits per heavy atom. The predicted octanol–water partition coefficient (Wildman–Crippen LogP) is 4.88. The summed E-state index contributed by atoms with van der Waals surface area (Å²) in [6.07, 6.45) is 1.09. The summed E-state index contributed by atoms with van der Waals surface area (Å²) in [6.45, 7) is 3.81. The third kappa shape index (κ3) is 7.74. The Morgan fingerprint density at radius 1 is 0.974 bits per heavy atom. The van der Waals surface area contributed by atoms with Gasteiger partial charge in [-0.2, -0.15) is 0 Å². The zero-order valence-corrected chi connectivity index (χ0v) is 23.9. The minimum absolute atomic E-state index is 0.0415. The van der Waals surface area contributed by atoms with Gasteiger partial charge in [0.05, 0.1) is 17.7 Å².